The lowest BCUT2D eigenvalue weighted by Crippen LogP contribution is -2.20. The Hall–Kier alpha value is -1.62. The van der Waals surface area contributed by atoms with Gasteiger partial charge in [0.15, 0.2) is 0 Å². The summed E-state index contributed by atoms with van der Waals surface area (Å²) in [6.45, 7) is 3.54. The molecule has 3 aromatic rings. The van der Waals surface area contributed by atoms with E-state index < -0.39 is 0 Å². The second kappa shape index (κ2) is 8.47. The van der Waals surface area contributed by atoms with Crippen LogP contribution in [0.15, 0.2) is 55.1 Å². The van der Waals surface area contributed by atoms with Crippen LogP contribution in [0.2, 0.25) is 4.34 Å². The summed E-state index contributed by atoms with van der Waals surface area (Å²) in [5.41, 5.74) is 2.47. The van der Waals surface area contributed by atoms with E-state index in [0.29, 0.717) is 6.61 Å². The van der Waals surface area contributed by atoms with Crippen molar-refractivity contribution in [1.82, 2.24) is 9.55 Å². The van der Waals surface area contributed by atoms with Crippen molar-refractivity contribution in [2.75, 3.05) is 0 Å². The molecule has 1 aromatic carbocycles. The zero-order chi connectivity index (χ0) is 16.8. The fourth-order valence-electron chi connectivity index (χ4n) is 2.54. The highest BCUT2D eigenvalue weighted by Crippen LogP contribution is 2.23. The summed E-state index contributed by atoms with van der Waals surface area (Å²) < 4.78 is 9.11. The molecule has 0 aliphatic rings. The molecule has 0 spiro atoms. The van der Waals surface area contributed by atoms with Gasteiger partial charge in [-0.3, -0.25) is 0 Å². The highest BCUT2D eigenvalue weighted by Gasteiger charge is 2.12. The average Bonchev–Trinajstić information content (AvgIpc) is 3.23. The van der Waals surface area contributed by atoms with Crippen LogP contribution in [0.1, 0.15) is 22.4 Å². The summed E-state index contributed by atoms with van der Waals surface area (Å²) in [6, 6.07) is 12.6. The number of hydrogen-bond acceptors (Lipinski definition) is 3. The summed E-state index contributed by atoms with van der Waals surface area (Å²) in [5.74, 6) is 0. The third kappa shape index (κ3) is 5.20. The number of nitrogens with zero attached hydrogens (tertiary/aromatic N) is 2. The van der Waals surface area contributed by atoms with Crippen molar-refractivity contribution in [3.63, 3.8) is 0 Å². The molecule has 5 heteroatoms. The molecule has 1 atom stereocenters. The van der Waals surface area contributed by atoms with Crippen LogP contribution in [-0.2, 0) is 24.3 Å². The average molecular weight is 361 g/mol. The van der Waals surface area contributed by atoms with E-state index >= 15 is 0 Å². The maximum Gasteiger partial charge on any atom is 0.0946 e. The molecule has 3 rings (SSSR count). The molecule has 0 aliphatic carbocycles. The molecule has 0 amide bonds. The maximum atomic E-state index is 6.19. The van der Waals surface area contributed by atoms with Crippen molar-refractivity contribution in [2.45, 2.75) is 39.0 Å². The molecule has 0 radical (unpaired) electrons. The van der Waals surface area contributed by atoms with Gasteiger partial charge in [0.1, 0.15) is 0 Å². The Kier molecular flexibility index (Phi) is 6.07. The van der Waals surface area contributed by atoms with Crippen molar-refractivity contribution >= 4 is 22.9 Å². The minimum atomic E-state index is 0.140. The van der Waals surface area contributed by atoms with Crippen LogP contribution < -0.4 is 0 Å². The molecule has 0 saturated carbocycles. The Morgan fingerprint density at radius 1 is 1.21 bits per heavy atom. The first-order valence-electron chi connectivity index (χ1n) is 8.06. The predicted octanol–water partition coefficient (Wildman–Crippen LogP) is 5.12. The van der Waals surface area contributed by atoms with Crippen LogP contribution in [0.5, 0.6) is 0 Å². The van der Waals surface area contributed by atoms with Crippen molar-refractivity contribution in [3.05, 3.63) is 75.5 Å². The lowest BCUT2D eigenvalue weighted by Gasteiger charge is -2.18. The van der Waals surface area contributed by atoms with Gasteiger partial charge >= 0.3 is 0 Å². The van der Waals surface area contributed by atoms with Gasteiger partial charge < -0.3 is 9.30 Å². The molecular formula is C19H21ClN2OS. The highest BCUT2D eigenvalue weighted by molar-refractivity contribution is 7.16. The standard InChI is InChI=1S/C19H21ClN2OS/c1-15-2-4-16(5-3-15)13-23-17(12-22-11-10-21-14-22)6-7-18-8-9-19(20)24-18/h2-5,8-11,14,17H,6-7,12-13H2,1H3. The van der Waals surface area contributed by atoms with E-state index in [2.05, 4.69) is 46.8 Å². The number of hydrogen-bond donors (Lipinski definition) is 0. The first-order valence-corrected chi connectivity index (χ1v) is 9.25. The molecule has 126 valence electrons. The van der Waals surface area contributed by atoms with Crippen LogP contribution in [0, 0.1) is 6.92 Å². The summed E-state index contributed by atoms with van der Waals surface area (Å²) in [7, 11) is 0. The molecule has 0 N–H and O–H groups in total. The van der Waals surface area contributed by atoms with Crippen LogP contribution in [0.25, 0.3) is 0 Å². The molecule has 0 aliphatic heterocycles. The van der Waals surface area contributed by atoms with Crippen molar-refractivity contribution in [3.8, 4) is 0 Å². The topological polar surface area (TPSA) is 27.1 Å². The van der Waals surface area contributed by atoms with Crippen LogP contribution >= 0.6 is 22.9 Å². The number of benzene rings is 1. The number of aryl methyl sites for hydroxylation is 2. The van der Waals surface area contributed by atoms with E-state index in [1.54, 1.807) is 17.5 Å². The molecule has 0 fully saturated rings. The minimum Gasteiger partial charge on any atom is -0.372 e. The van der Waals surface area contributed by atoms with E-state index in [4.69, 9.17) is 16.3 Å². The number of halogens is 1. The lowest BCUT2D eigenvalue weighted by molar-refractivity contribution is 0.0240. The third-order valence-corrected chi connectivity index (χ3v) is 5.21. The second-order valence-corrected chi connectivity index (χ2v) is 7.72. The zero-order valence-corrected chi connectivity index (χ0v) is 15.3. The molecule has 3 nitrogen and oxygen atoms in total. The second-order valence-electron chi connectivity index (χ2n) is 5.92. The van der Waals surface area contributed by atoms with Gasteiger partial charge in [0, 0.05) is 23.8 Å². The molecule has 0 saturated heterocycles. The first kappa shape index (κ1) is 17.2. The fraction of sp³-hybridized carbons (Fsp3) is 0.316. The summed E-state index contributed by atoms with van der Waals surface area (Å²) >= 11 is 7.66. The Labute approximate surface area is 151 Å². The Morgan fingerprint density at radius 3 is 2.71 bits per heavy atom. The van der Waals surface area contributed by atoms with Crippen LogP contribution in [-0.4, -0.2) is 15.7 Å². The maximum absolute atomic E-state index is 6.19. The smallest absolute Gasteiger partial charge is 0.0946 e. The molecule has 0 bridgehead atoms. The first-order chi connectivity index (χ1) is 11.7. The predicted molar refractivity (Wildman–Crippen MR) is 99.6 cm³/mol. The van der Waals surface area contributed by atoms with Gasteiger partial charge in [0.05, 0.1) is 23.4 Å². The monoisotopic (exact) mass is 360 g/mol. The van der Waals surface area contributed by atoms with E-state index in [9.17, 15) is 0 Å². The number of aromatic nitrogens is 2. The SMILES string of the molecule is Cc1ccc(COC(CCc2ccc(Cl)s2)Cn2ccnc2)cc1. The van der Waals surface area contributed by atoms with Crippen molar-refractivity contribution in [2.24, 2.45) is 0 Å². The van der Waals surface area contributed by atoms with E-state index in [1.807, 2.05) is 18.6 Å². The molecular weight excluding hydrogens is 340 g/mol. The highest BCUT2D eigenvalue weighted by atomic mass is 35.5. The number of ether oxygens (including phenoxy) is 1. The van der Waals surface area contributed by atoms with E-state index in [-0.39, 0.29) is 6.10 Å². The molecule has 2 heterocycles. The van der Waals surface area contributed by atoms with E-state index in [0.717, 1.165) is 23.7 Å². The molecule has 2 aromatic heterocycles. The van der Waals surface area contributed by atoms with Gasteiger partial charge in [0.2, 0.25) is 0 Å². The van der Waals surface area contributed by atoms with Crippen LogP contribution in [0.4, 0.5) is 0 Å². The number of thiophene rings is 1. The van der Waals surface area contributed by atoms with Gasteiger partial charge in [-0.05, 0) is 37.5 Å². The van der Waals surface area contributed by atoms with Gasteiger partial charge in [-0.2, -0.15) is 0 Å². The minimum absolute atomic E-state index is 0.140. The third-order valence-electron chi connectivity index (χ3n) is 3.92. The fourth-order valence-corrected chi connectivity index (χ4v) is 3.65. The normalized spacial score (nSPS) is 12.4. The lowest BCUT2D eigenvalue weighted by atomic mass is 10.1. The largest absolute Gasteiger partial charge is 0.372 e. The molecule has 1 unspecified atom stereocenters. The van der Waals surface area contributed by atoms with Crippen LogP contribution in [0.3, 0.4) is 0 Å². The number of rotatable bonds is 8. The summed E-state index contributed by atoms with van der Waals surface area (Å²) in [4.78, 5) is 5.42. The number of imidazole rings is 1. The van der Waals surface area contributed by atoms with Gasteiger partial charge in [-0.25, -0.2) is 4.98 Å². The van der Waals surface area contributed by atoms with E-state index in [1.165, 1.54) is 16.0 Å². The van der Waals surface area contributed by atoms with Crippen molar-refractivity contribution < 1.29 is 4.74 Å². The quantitative estimate of drug-likeness (QED) is 0.557. The van der Waals surface area contributed by atoms with Gasteiger partial charge in [0.25, 0.3) is 0 Å². The zero-order valence-electron chi connectivity index (χ0n) is 13.7. The summed E-state index contributed by atoms with van der Waals surface area (Å²) in [6.07, 6.45) is 7.69. The van der Waals surface area contributed by atoms with Crippen molar-refractivity contribution in [1.29, 1.82) is 0 Å². The Bertz CT molecular complexity index is 737. The Balaban J connectivity index is 1.59. The Morgan fingerprint density at radius 2 is 2.04 bits per heavy atom. The van der Waals surface area contributed by atoms with Gasteiger partial charge in [-0.15, -0.1) is 11.3 Å². The summed E-state index contributed by atoms with van der Waals surface area (Å²) in [5, 5.41) is 0. The molecule has 24 heavy (non-hydrogen) atoms. The van der Waals surface area contributed by atoms with Gasteiger partial charge in [-0.1, -0.05) is 41.4 Å².